The first-order valence-corrected chi connectivity index (χ1v) is 6.19. The van der Waals surface area contributed by atoms with Gasteiger partial charge in [0.05, 0.1) is 7.11 Å². The minimum absolute atomic E-state index is 0.0524. The molecule has 0 saturated heterocycles. The van der Waals surface area contributed by atoms with Crippen LogP contribution in [0.5, 0.6) is 17.2 Å². The standard InChI is InChI=1S/C17H12N2O2/c1-20-15-5-7-16(8-6-15)21-17-4-2-3-13(10-17)9-14(11-18)12-19/h2-10H,1H3. The normalized spacial score (nSPS) is 9.10. The molecule has 21 heavy (non-hydrogen) atoms. The van der Waals surface area contributed by atoms with E-state index in [4.69, 9.17) is 20.0 Å². The average molecular weight is 276 g/mol. The number of rotatable bonds is 4. The second-order valence-corrected chi connectivity index (χ2v) is 4.13. The number of ether oxygens (including phenoxy) is 2. The SMILES string of the molecule is COc1ccc(Oc2cccc(C=C(C#N)C#N)c2)cc1. The van der Waals surface area contributed by atoms with Crippen molar-refractivity contribution in [2.24, 2.45) is 0 Å². The Morgan fingerprint density at radius 2 is 1.62 bits per heavy atom. The van der Waals surface area contributed by atoms with Crippen molar-refractivity contribution in [2.75, 3.05) is 7.11 Å². The van der Waals surface area contributed by atoms with E-state index in [1.807, 2.05) is 24.3 Å². The van der Waals surface area contributed by atoms with Gasteiger partial charge in [-0.15, -0.1) is 0 Å². The van der Waals surface area contributed by atoms with E-state index < -0.39 is 0 Å². The molecule has 0 saturated carbocycles. The second kappa shape index (κ2) is 6.79. The summed E-state index contributed by atoms with van der Waals surface area (Å²) >= 11 is 0. The number of hydrogen-bond acceptors (Lipinski definition) is 4. The predicted octanol–water partition coefficient (Wildman–Crippen LogP) is 3.92. The Balaban J connectivity index is 2.20. The fraction of sp³-hybridized carbons (Fsp3) is 0.0588. The largest absolute Gasteiger partial charge is 0.497 e. The minimum atomic E-state index is 0.0524. The van der Waals surface area contributed by atoms with Crippen LogP contribution in [0.4, 0.5) is 0 Å². The molecule has 0 aliphatic carbocycles. The van der Waals surface area contributed by atoms with E-state index in [2.05, 4.69) is 0 Å². The number of allylic oxidation sites excluding steroid dienone is 1. The number of nitrogens with zero attached hydrogens (tertiary/aromatic N) is 2. The Bertz CT molecular complexity index is 719. The molecule has 0 bridgehead atoms. The summed E-state index contributed by atoms with van der Waals surface area (Å²) in [6, 6.07) is 18.0. The summed E-state index contributed by atoms with van der Waals surface area (Å²) in [5, 5.41) is 17.5. The van der Waals surface area contributed by atoms with E-state index in [-0.39, 0.29) is 5.57 Å². The van der Waals surface area contributed by atoms with Crippen LogP contribution >= 0.6 is 0 Å². The molecule has 0 aliphatic heterocycles. The maximum Gasteiger partial charge on any atom is 0.130 e. The third kappa shape index (κ3) is 3.86. The minimum Gasteiger partial charge on any atom is -0.497 e. The van der Waals surface area contributed by atoms with Crippen molar-refractivity contribution >= 4 is 6.08 Å². The third-order valence-corrected chi connectivity index (χ3v) is 2.71. The summed E-state index contributed by atoms with van der Waals surface area (Å²) in [7, 11) is 1.60. The first kappa shape index (κ1) is 14.2. The van der Waals surface area contributed by atoms with Gasteiger partial charge in [0.2, 0.25) is 0 Å². The molecule has 0 spiro atoms. The summed E-state index contributed by atoms with van der Waals surface area (Å²) in [5.74, 6) is 2.06. The maximum atomic E-state index is 8.76. The van der Waals surface area contributed by atoms with Gasteiger partial charge < -0.3 is 9.47 Å². The molecule has 0 atom stereocenters. The molecule has 0 fully saturated rings. The number of hydrogen-bond donors (Lipinski definition) is 0. The summed E-state index contributed by atoms with van der Waals surface area (Å²) < 4.78 is 10.8. The average Bonchev–Trinajstić information content (AvgIpc) is 2.53. The van der Waals surface area contributed by atoms with E-state index in [1.165, 1.54) is 6.08 Å². The molecule has 2 rings (SSSR count). The van der Waals surface area contributed by atoms with E-state index in [1.54, 1.807) is 43.5 Å². The first-order chi connectivity index (χ1) is 10.2. The molecule has 4 heteroatoms. The third-order valence-electron chi connectivity index (χ3n) is 2.71. The predicted molar refractivity (Wildman–Crippen MR) is 78.7 cm³/mol. The highest BCUT2D eigenvalue weighted by molar-refractivity contribution is 5.63. The molecular formula is C17H12N2O2. The second-order valence-electron chi connectivity index (χ2n) is 4.13. The molecule has 2 aromatic rings. The molecule has 4 nitrogen and oxygen atoms in total. The van der Waals surface area contributed by atoms with Gasteiger partial charge >= 0.3 is 0 Å². The molecule has 0 unspecified atom stereocenters. The molecule has 0 amide bonds. The molecule has 102 valence electrons. The van der Waals surface area contributed by atoms with E-state index >= 15 is 0 Å². The van der Waals surface area contributed by atoms with E-state index in [9.17, 15) is 0 Å². The van der Waals surface area contributed by atoms with Crippen molar-refractivity contribution < 1.29 is 9.47 Å². The Morgan fingerprint density at radius 1 is 0.952 bits per heavy atom. The summed E-state index contributed by atoms with van der Waals surface area (Å²) in [4.78, 5) is 0. The first-order valence-electron chi connectivity index (χ1n) is 6.19. The van der Waals surface area contributed by atoms with Crippen molar-refractivity contribution in [3.8, 4) is 29.4 Å². The Hall–Kier alpha value is -3.24. The van der Waals surface area contributed by atoms with Gasteiger partial charge in [0.15, 0.2) is 0 Å². The lowest BCUT2D eigenvalue weighted by Crippen LogP contribution is -1.86. The Morgan fingerprint density at radius 3 is 2.24 bits per heavy atom. The van der Waals surface area contributed by atoms with Gasteiger partial charge in [0, 0.05) is 0 Å². The highest BCUT2D eigenvalue weighted by Crippen LogP contribution is 2.25. The van der Waals surface area contributed by atoms with Crippen LogP contribution in [0.2, 0.25) is 0 Å². The molecule has 0 aromatic heterocycles. The van der Waals surface area contributed by atoms with Crippen molar-refractivity contribution in [2.45, 2.75) is 0 Å². The molecular weight excluding hydrogens is 264 g/mol. The highest BCUT2D eigenvalue weighted by Gasteiger charge is 2.00. The Labute approximate surface area is 123 Å². The van der Waals surface area contributed by atoms with E-state index in [0.29, 0.717) is 11.5 Å². The zero-order chi connectivity index (χ0) is 15.1. The van der Waals surface area contributed by atoms with Crippen LogP contribution in [-0.4, -0.2) is 7.11 Å². The van der Waals surface area contributed by atoms with Gasteiger partial charge in [-0.1, -0.05) is 12.1 Å². The maximum absolute atomic E-state index is 8.76. The monoisotopic (exact) mass is 276 g/mol. The lowest BCUT2D eigenvalue weighted by atomic mass is 10.1. The van der Waals surface area contributed by atoms with E-state index in [0.717, 1.165) is 11.3 Å². The van der Waals surface area contributed by atoms with Crippen LogP contribution in [-0.2, 0) is 0 Å². The van der Waals surface area contributed by atoms with Crippen LogP contribution in [0, 0.1) is 22.7 Å². The smallest absolute Gasteiger partial charge is 0.130 e. The van der Waals surface area contributed by atoms with Crippen LogP contribution in [0.15, 0.2) is 54.1 Å². The van der Waals surface area contributed by atoms with Gasteiger partial charge in [0.1, 0.15) is 35.0 Å². The fourth-order valence-corrected chi connectivity index (χ4v) is 1.70. The summed E-state index contributed by atoms with van der Waals surface area (Å²) in [6.45, 7) is 0. The topological polar surface area (TPSA) is 66.0 Å². The number of methoxy groups -OCH3 is 1. The molecule has 0 N–H and O–H groups in total. The zero-order valence-electron chi connectivity index (χ0n) is 11.4. The quantitative estimate of drug-likeness (QED) is 0.794. The van der Waals surface area contributed by atoms with Gasteiger partial charge in [-0.3, -0.25) is 0 Å². The molecule has 0 radical (unpaired) electrons. The summed E-state index contributed by atoms with van der Waals surface area (Å²) in [5.41, 5.74) is 0.788. The molecule has 0 aliphatic rings. The highest BCUT2D eigenvalue weighted by atomic mass is 16.5. The molecule has 2 aromatic carbocycles. The van der Waals surface area contributed by atoms with Crippen molar-refractivity contribution in [1.82, 2.24) is 0 Å². The van der Waals surface area contributed by atoms with Crippen LogP contribution in [0.1, 0.15) is 5.56 Å². The lowest BCUT2D eigenvalue weighted by Gasteiger charge is -2.07. The fourth-order valence-electron chi connectivity index (χ4n) is 1.70. The zero-order valence-corrected chi connectivity index (χ0v) is 11.4. The van der Waals surface area contributed by atoms with Crippen molar-refractivity contribution in [1.29, 1.82) is 10.5 Å². The van der Waals surface area contributed by atoms with Crippen molar-refractivity contribution in [3.05, 3.63) is 59.7 Å². The van der Waals surface area contributed by atoms with Gasteiger partial charge in [0.25, 0.3) is 0 Å². The lowest BCUT2D eigenvalue weighted by molar-refractivity contribution is 0.413. The Kier molecular flexibility index (Phi) is 4.58. The number of nitriles is 2. The number of benzene rings is 2. The van der Waals surface area contributed by atoms with Crippen LogP contribution < -0.4 is 9.47 Å². The van der Waals surface area contributed by atoms with Crippen LogP contribution in [0.3, 0.4) is 0 Å². The van der Waals surface area contributed by atoms with Crippen molar-refractivity contribution in [3.63, 3.8) is 0 Å². The summed E-state index contributed by atoms with van der Waals surface area (Å²) in [6.07, 6.45) is 1.51. The van der Waals surface area contributed by atoms with Gasteiger partial charge in [-0.25, -0.2) is 0 Å². The van der Waals surface area contributed by atoms with Gasteiger partial charge in [-0.05, 0) is 48.0 Å². The van der Waals surface area contributed by atoms with Gasteiger partial charge in [-0.2, -0.15) is 10.5 Å². The van der Waals surface area contributed by atoms with Crippen LogP contribution in [0.25, 0.3) is 6.08 Å². The molecule has 0 heterocycles.